The van der Waals surface area contributed by atoms with Gasteiger partial charge in [0.05, 0.1) is 6.61 Å². The SMILES string of the molecule is CCOc1cccc(C(=O)CC(CC)CC)c1. The van der Waals surface area contributed by atoms with E-state index in [1.54, 1.807) is 0 Å². The molecule has 0 aliphatic heterocycles. The molecule has 94 valence electrons. The highest BCUT2D eigenvalue weighted by Crippen LogP contribution is 2.19. The van der Waals surface area contributed by atoms with Crippen LogP contribution in [-0.2, 0) is 0 Å². The summed E-state index contributed by atoms with van der Waals surface area (Å²) >= 11 is 0. The van der Waals surface area contributed by atoms with E-state index in [2.05, 4.69) is 13.8 Å². The van der Waals surface area contributed by atoms with Crippen LogP contribution in [0.3, 0.4) is 0 Å². The van der Waals surface area contributed by atoms with E-state index in [-0.39, 0.29) is 5.78 Å². The molecule has 0 saturated heterocycles. The molecule has 0 atom stereocenters. The topological polar surface area (TPSA) is 26.3 Å². The molecule has 17 heavy (non-hydrogen) atoms. The fourth-order valence-electron chi connectivity index (χ4n) is 1.88. The van der Waals surface area contributed by atoms with Crippen LogP contribution in [0.4, 0.5) is 0 Å². The predicted octanol–water partition coefficient (Wildman–Crippen LogP) is 4.09. The summed E-state index contributed by atoms with van der Waals surface area (Å²) in [5.74, 6) is 1.50. The molecule has 0 heterocycles. The minimum atomic E-state index is 0.222. The van der Waals surface area contributed by atoms with Crippen molar-refractivity contribution in [3.8, 4) is 5.75 Å². The second-order valence-electron chi connectivity index (χ2n) is 4.27. The second-order valence-corrected chi connectivity index (χ2v) is 4.27. The maximum atomic E-state index is 12.1. The molecule has 2 nitrogen and oxygen atoms in total. The molecule has 1 rings (SSSR count). The Labute approximate surface area is 104 Å². The first-order valence-electron chi connectivity index (χ1n) is 6.47. The van der Waals surface area contributed by atoms with Gasteiger partial charge in [0, 0.05) is 12.0 Å². The van der Waals surface area contributed by atoms with Crippen molar-refractivity contribution in [3.05, 3.63) is 29.8 Å². The Morgan fingerprint density at radius 3 is 2.53 bits per heavy atom. The molecule has 0 bridgehead atoms. The van der Waals surface area contributed by atoms with Gasteiger partial charge >= 0.3 is 0 Å². The van der Waals surface area contributed by atoms with E-state index in [0.717, 1.165) is 24.2 Å². The summed E-state index contributed by atoms with van der Waals surface area (Å²) in [7, 11) is 0. The first-order chi connectivity index (χ1) is 8.21. The largest absolute Gasteiger partial charge is 0.494 e. The zero-order chi connectivity index (χ0) is 12.7. The molecule has 2 heteroatoms. The molecule has 1 aromatic rings. The molecule has 0 unspecified atom stereocenters. The molecule has 0 amide bonds. The average molecular weight is 234 g/mol. The molecule has 1 aromatic carbocycles. The van der Waals surface area contributed by atoms with Crippen LogP contribution in [0, 0.1) is 5.92 Å². The first-order valence-corrected chi connectivity index (χ1v) is 6.47. The van der Waals surface area contributed by atoms with E-state index in [0.29, 0.717) is 18.9 Å². The lowest BCUT2D eigenvalue weighted by atomic mass is 9.94. The molecule has 0 fully saturated rings. The van der Waals surface area contributed by atoms with Crippen molar-refractivity contribution in [1.82, 2.24) is 0 Å². The molecule has 0 spiro atoms. The zero-order valence-electron chi connectivity index (χ0n) is 11.0. The number of ether oxygens (including phenoxy) is 1. The van der Waals surface area contributed by atoms with Gasteiger partial charge in [-0.25, -0.2) is 0 Å². The van der Waals surface area contributed by atoms with Gasteiger partial charge in [-0.15, -0.1) is 0 Å². The summed E-state index contributed by atoms with van der Waals surface area (Å²) in [5.41, 5.74) is 0.767. The van der Waals surface area contributed by atoms with Gasteiger partial charge in [0.2, 0.25) is 0 Å². The summed E-state index contributed by atoms with van der Waals surface area (Å²) in [6, 6.07) is 7.48. The summed E-state index contributed by atoms with van der Waals surface area (Å²) in [4.78, 5) is 12.1. The van der Waals surface area contributed by atoms with Gasteiger partial charge in [-0.05, 0) is 25.0 Å². The number of carbonyl (C=O) groups excluding carboxylic acids is 1. The summed E-state index contributed by atoms with van der Waals surface area (Å²) in [6.07, 6.45) is 2.77. The maximum Gasteiger partial charge on any atom is 0.163 e. The van der Waals surface area contributed by atoms with Gasteiger partial charge in [-0.1, -0.05) is 38.8 Å². The highest BCUT2D eigenvalue weighted by atomic mass is 16.5. The van der Waals surface area contributed by atoms with Crippen LogP contribution in [0.25, 0.3) is 0 Å². The minimum Gasteiger partial charge on any atom is -0.494 e. The molecular formula is C15H22O2. The summed E-state index contributed by atoms with van der Waals surface area (Å²) in [5, 5.41) is 0. The number of rotatable bonds is 7. The van der Waals surface area contributed by atoms with Crippen molar-refractivity contribution >= 4 is 5.78 Å². The Bertz CT molecular complexity index is 354. The fraction of sp³-hybridized carbons (Fsp3) is 0.533. The summed E-state index contributed by atoms with van der Waals surface area (Å²) in [6.45, 7) is 6.85. The lowest BCUT2D eigenvalue weighted by Gasteiger charge is -2.11. The van der Waals surface area contributed by atoms with Gasteiger partial charge < -0.3 is 4.74 Å². The van der Waals surface area contributed by atoms with Crippen molar-refractivity contribution in [2.24, 2.45) is 5.92 Å². The third-order valence-corrected chi connectivity index (χ3v) is 3.10. The molecule has 0 radical (unpaired) electrons. The second kappa shape index (κ2) is 7.10. The van der Waals surface area contributed by atoms with Crippen LogP contribution in [0.2, 0.25) is 0 Å². The third kappa shape index (κ3) is 4.22. The number of benzene rings is 1. The normalized spacial score (nSPS) is 10.6. The third-order valence-electron chi connectivity index (χ3n) is 3.10. The van der Waals surface area contributed by atoms with Crippen molar-refractivity contribution in [3.63, 3.8) is 0 Å². The van der Waals surface area contributed by atoms with Crippen molar-refractivity contribution < 1.29 is 9.53 Å². The molecule has 0 N–H and O–H groups in total. The van der Waals surface area contributed by atoms with Crippen molar-refractivity contribution in [2.45, 2.75) is 40.0 Å². The molecule has 0 aliphatic rings. The summed E-state index contributed by atoms with van der Waals surface area (Å²) < 4.78 is 5.40. The number of hydrogen-bond acceptors (Lipinski definition) is 2. The van der Waals surface area contributed by atoms with E-state index in [9.17, 15) is 4.79 Å². The Morgan fingerprint density at radius 1 is 1.24 bits per heavy atom. The van der Waals surface area contributed by atoms with Gasteiger partial charge in [-0.2, -0.15) is 0 Å². The fourth-order valence-corrected chi connectivity index (χ4v) is 1.88. The molecule has 0 saturated carbocycles. The highest BCUT2D eigenvalue weighted by molar-refractivity contribution is 5.96. The highest BCUT2D eigenvalue weighted by Gasteiger charge is 2.12. The van der Waals surface area contributed by atoms with Crippen LogP contribution in [0.1, 0.15) is 50.4 Å². The number of Topliss-reactive ketones (excluding diaryl/α,β-unsaturated/α-hetero) is 1. The number of carbonyl (C=O) groups is 1. The Kier molecular flexibility index (Phi) is 5.75. The van der Waals surface area contributed by atoms with Gasteiger partial charge in [0.15, 0.2) is 5.78 Å². The maximum absolute atomic E-state index is 12.1. The van der Waals surface area contributed by atoms with Crippen molar-refractivity contribution in [2.75, 3.05) is 6.61 Å². The monoisotopic (exact) mass is 234 g/mol. The van der Waals surface area contributed by atoms with Crippen LogP contribution in [-0.4, -0.2) is 12.4 Å². The van der Waals surface area contributed by atoms with E-state index in [1.165, 1.54) is 0 Å². The lowest BCUT2D eigenvalue weighted by Crippen LogP contribution is -2.07. The van der Waals surface area contributed by atoms with Crippen LogP contribution in [0.15, 0.2) is 24.3 Å². The Hall–Kier alpha value is -1.31. The predicted molar refractivity (Wildman–Crippen MR) is 70.6 cm³/mol. The van der Waals surface area contributed by atoms with Crippen LogP contribution < -0.4 is 4.74 Å². The van der Waals surface area contributed by atoms with Crippen LogP contribution >= 0.6 is 0 Å². The van der Waals surface area contributed by atoms with Gasteiger partial charge in [0.1, 0.15) is 5.75 Å². The first kappa shape index (κ1) is 13.8. The van der Waals surface area contributed by atoms with E-state index >= 15 is 0 Å². The Morgan fingerprint density at radius 2 is 1.94 bits per heavy atom. The van der Waals surface area contributed by atoms with E-state index in [4.69, 9.17) is 4.74 Å². The average Bonchev–Trinajstić information content (AvgIpc) is 2.36. The zero-order valence-corrected chi connectivity index (χ0v) is 11.0. The van der Waals surface area contributed by atoms with Gasteiger partial charge in [-0.3, -0.25) is 4.79 Å². The Balaban J connectivity index is 2.71. The number of ketones is 1. The van der Waals surface area contributed by atoms with Gasteiger partial charge in [0.25, 0.3) is 0 Å². The smallest absolute Gasteiger partial charge is 0.163 e. The minimum absolute atomic E-state index is 0.222. The molecular weight excluding hydrogens is 212 g/mol. The van der Waals surface area contributed by atoms with E-state index in [1.807, 2.05) is 31.2 Å². The molecule has 0 aromatic heterocycles. The van der Waals surface area contributed by atoms with E-state index < -0.39 is 0 Å². The van der Waals surface area contributed by atoms with Crippen LogP contribution in [0.5, 0.6) is 5.75 Å². The molecule has 0 aliphatic carbocycles. The lowest BCUT2D eigenvalue weighted by molar-refractivity contribution is 0.0958. The standard InChI is InChI=1S/C15H22O2/c1-4-12(5-2)10-15(16)13-8-7-9-14(11-13)17-6-3/h7-9,11-12H,4-6,10H2,1-3H3. The quantitative estimate of drug-likeness (QED) is 0.664. The van der Waals surface area contributed by atoms with Crippen molar-refractivity contribution in [1.29, 1.82) is 0 Å². The number of hydrogen-bond donors (Lipinski definition) is 0.